The van der Waals surface area contributed by atoms with E-state index in [1.165, 1.54) is 4.90 Å². The maximum absolute atomic E-state index is 12.8. The first-order valence-corrected chi connectivity index (χ1v) is 6.98. The molecule has 0 aliphatic carbocycles. The monoisotopic (exact) mass is 284 g/mol. The van der Waals surface area contributed by atoms with Gasteiger partial charge in [-0.25, -0.2) is 0 Å². The van der Waals surface area contributed by atoms with E-state index in [9.17, 15) is 14.4 Å². The van der Waals surface area contributed by atoms with Crippen molar-refractivity contribution in [2.45, 2.75) is 32.6 Å². The number of nitrogens with zero attached hydrogens (tertiary/aromatic N) is 1. The Kier molecular flexibility index (Phi) is 5.94. The van der Waals surface area contributed by atoms with Gasteiger partial charge in [-0.05, 0) is 25.8 Å². The molecular formula is C13H24N4O3. The van der Waals surface area contributed by atoms with Gasteiger partial charge in [-0.3, -0.25) is 14.4 Å². The molecule has 1 rings (SSSR count). The molecule has 0 aromatic heterocycles. The zero-order valence-electron chi connectivity index (χ0n) is 12.0. The molecule has 114 valence electrons. The largest absolute Gasteiger partial charge is 0.368 e. The van der Waals surface area contributed by atoms with Crippen molar-refractivity contribution in [1.82, 2.24) is 10.2 Å². The lowest BCUT2D eigenvalue weighted by Gasteiger charge is -2.39. The van der Waals surface area contributed by atoms with Crippen molar-refractivity contribution in [2.75, 3.05) is 26.2 Å². The van der Waals surface area contributed by atoms with E-state index in [1.807, 2.05) is 6.92 Å². The molecule has 0 radical (unpaired) electrons. The topological polar surface area (TPSA) is 119 Å². The van der Waals surface area contributed by atoms with Crippen molar-refractivity contribution in [2.24, 2.45) is 16.9 Å². The third kappa shape index (κ3) is 4.19. The molecule has 7 nitrogen and oxygen atoms in total. The summed E-state index contributed by atoms with van der Waals surface area (Å²) < 4.78 is 0. The van der Waals surface area contributed by atoms with Gasteiger partial charge in [-0.2, -0.15) is 0 Å². The smallest absolute Gasteiger partial charge is 0.237 e. The van der Waals surface area contributed by atoms with Crippen LogP contribution in [0.5, 0.6) is 0 Å². The van der Waals surface area contributed by atoms with Crippen LogP contribution in [0.4, 0.5) is 0 Å². The number of primary amides is 2. The average Bonchev–Trinajstić information content (AvgIpc) is 2.37. The van der Waals surface area contributed by atoms with Gasteiger partial charge in [-0.1, -0.05) is 13.3 Å². The highest BCUT2D eigenvalue weighted by molar-refractivity contribution is 5.91. The molecule has 3 amide bonds. The second-order valence-electron chi connectivity index (χ2n) is 5.40. The summed E-state index contributed by atoms with van der Waals surface area (Å²) in [6.07, 6.45) is 3.22. The first-order valence-electron chi connectivity index (χ1n) is 6.98. The normalized spacial score (nSPS) is 22.2. The number of hydrogen-bond donors (Lipinski definition) is 3. The van der Waals surface area contributed by atoms with Crippen LogP contribution in [0.25, 0.3) is 0 Å². The van der Waals surface area contributed by atoms with Gasteiger partial charge in [0.2, 0.25) is 17.7 Å². The van der Waals surface area contributed by atoms with Gasteiger partial charge in [-0.15, -0.1) is 0 Å². The number of nitrogens with one attached hydrogen (secondary N) is 1. The number of carbonyl (C=O) groups is 3. The van der Waals surface area contributed by atoms with Crippen LogP contribution in [-0.4, -0.2) is 48.8 Å². The molecule has 1 aliphatic rings. The number of piperidine rings is 1. The first kappa shape index (κ1) is 16.4. The predicted molar refractivity (Wildman–Crippen MR) is 74.4 cm³/mol. The Balaban J connectivity index is 2.92. The third-order valence-corrected chi connectivity index (χ3v) is 3.64. The fraction of sp³-hybridized carbons (Fsp3) is 0.769. The molecule has 20 heavy (non-hydrogen) atoms. The molecule has 0 bridgehead atoms. The second-order valence-corrected chi connectivity index (χ2v) is 5.40. The molecule has 1 heterocycles. The van der Waals surface area contributed by atoms with Crippen LogP contribution < -0.4 is 16.8 Å². The van der Waals surface area contributed by atoms with Gasteiger partial charge in [0.05, 0.1) is 18.5 Å². The Morgan fingerprint density at radius 1 is 1.20 bits per heavy atom. The van der Waals surface area contributed by atoms with Crippen molar-refractivity contribution < 1.29 is 14.4 Å². The van der Waals surface area contributed by atoms with Crippen LogP contribution in [0.2, 0.25) is 0 Å². The Morgan fingerprint density at radius 2 is 1.80 bits per heavy atom. The van der Waals surface area contributed by atoms with E-state index in [4.69, 9.17) is 11.5 Å². The number of rotatable bonds is 7. The Morgan fingerprint density at radius 3 is 2.20 bits per heavy atom. The van der Waals surface area contributed by atoms with E-state index in [0.717, 1.165) is 25.8 Å². The lowest BCUT2D eigenvalue weighted by atomic mass is 9.75. The van der Waals surface area contributed by atoms with Crippen LogP contribution in [0, 0.1) is 5.41 Å². The van der Waals surface area contributed by atoms with Crippen LogP contribution in [0.1, 0.15) is 32.6 Å². The number of carbonyl (C=O) groups excluding carboxylic acids is 3. The summed E-state index contributed by atoms with van der Waals surface area (Å²) in [6.45, 7) is 2.91. The van der Waals surface area contributed by atoms with Gasteiger partial charge in [0, 0.05) is 6.54 Å². The fourth-order valence-corrected chi connectivity index (χ4v) is 2.86. The van der Waals surface area contributed by atoms with Crippen molar-refractivity contribution >= 4 is 17.7 Å². The molecule has 7 heteroatoms. The maximum Gasteiger partial charge on any atom is 0.237 e. The molecule has 1 unspecified atom stereocenters. The molecule has 5 N–H and O–H groups in total. The number of nitrogens with two attached hydrogens (primary N) is 2. The van der Waals surface area contributed by atoms with Crippen LogP contribution in [0.3, 0.4) is 0 Å². The zero-order valence-corrected chi connectivity index (χ0v) is 12.0. The predicted octanol–water partition coefficient (Wildman–Crippen LogP) is -1.04. The molecule has 0 saturated carbocycles. The highest BCUT2D eigenvalue weighted by atomic mass is 16.2. The van der Waals surface area contributed by atoms with Gasteiger partial charge in [0.1, 0.15) is 0 Å². The Hall–Kier alpha value is -1.63. The van der Waals surface area contributed by atoms with E-state index >= 15 is 0 Å². The minimum absolute atomic E-state index is 0.204. The molecular weight excluding hydrogens is 260 g/mol. The van der Waals surface area contributed by atoms with Crippen LogP contribution >= 0.6 is 0 Å². The number of hydrogen-bond acceptors (Lipinski definition) is 4. The number of amides is 3. The minimum atomic E-state index is -0.644. The lowest BCUT2D eigenvalue weighted by molar-refractivity contribution is -0.148. The molecule has 1 atom stereocenters. The summed E-state index contributed by atoms with van der Waals surface area (Å²) in [5.41, 5.74) is 9.75. The molecule has 1 saturated heterocycles. The maximum atomic E-state index is 12.8. The Labute approximate surface area is 119 Å². The van der Waals surface area contributed by atoms with Crippen molar-refractivity contribution in [3.63, 3.8) is 0 Å². The fourth-order valence-electron chi connectivity index (χ4n) is 2.86. The third-order valence-electron chi connectivity index (χ3n) is 3.64. The summed E-state index contributed by atoms with van der Waals surface area (Å²) in [5.74, 6) is -1.49. The van der Waals surface area contributed by atoms with Crippen molar-refractivity contribution in [1.29, 1.82) is 0 Å². The highest BCUT2D eigenvalue weighted by Gasteiger charge is 2.41. The minimum Gasteiger partial charge on any atom is -0.368 e. The summed E-state index contributed by atoms with van der Waals surface area (Å²) in [6, 6.07) is 0. The first-order chi connectivity index (χ1) is 9.41. The van der Waals surface area contributed by atoms with Gasteiger partial charge in [0.15, 0.2) is 0 Å². The van der Waals surface area contributed by atoms with E-state index in [2.05, 4.69) is 5.32 Å². The van der Waals surface area contributed by atoms with E-state index in [1.54, 1.807) is 0 Å². The van der Waals surface area contributed by atoms with Gasteiger partial charge < -0.3 is 21.7 Å². The molecule has 0 aromatic rings. The molecule has 1 fully saturated rings. The SMILES string of the molecule is CCCC1(C(=O)N(CC(N)=O)CC(N)=O)CCCNC1. The standard InChI is InChI=1S/C13H24N4O3/c1-2-4-13(5-3-6-16-9-13)12(20)17(7-10(14)18)8-11(15)19/h16H,2-9H2,1H3,(H2,14,18)(H2,15,19). The Bertz CT molecular complexity index is 356. The summed E-state index contributed by atoms with van der Waals surface area (Å²) >= 11 is 0. The second kappa shape index (κ2) is 7.23. The lowest BCUT2D eigenvalue weighted by Crippen LogP contribution is -2.55. The van der Waals surface area contributed by atoms with Gasteiger partial charge >= 0.3 is 0 Å². The van der Waals surface area contributed by atoms with Gasteiger partial charge in [0.25, 0.3) is 0 Å². The highest BCUT2D eigenvalue weighted by Crippen LogP contribution is 2.33. The summed E-state index contributed by atoms with van der Waals surface area (Å²) in [7, 11) is 0. The van der Waals surface area contributed by atoms with Crippen LogP contribution in [0.15, 0.2) is 0 Å². The quantitative estimate of drug-likeness (QED) is 0.553. The van der Waals surface area contributed by atoms with Crippen LogP contribution in [-0.2, 0) is 14.4 Å². The van der Waals surface area contributed by atoms with E-state index < -0.39 is 17.2 Å². The zero-order chi connectivity index (χ0) is 15.2. The van der Waals surface area contributed by atoms with E-state index in [-0.39, 0.29) is 19.0 Å². The van der Waals surface area contributed by atoms with E-state index in [0.29, 0.717) is 13.0 Å². The average molecular weight is 284 g/mol. The molecule has 0 aromatic carbocycles. The molecule has 1 aliphatic heterocycles. The van der Waals surface area contributed by atoms with Crippen molar-refractivity contribution in [3.8, 4) is 0 Å². The summed E-state index contributed by atoms with van der Waals surface area (Å²) in [5, 5.41) is 3.22. The van der Waals surface area contributed by atoms with Crippen molar-refractivity contribution in [3.05, 3.63) is 0 Å². The summed E-state index contributed by atoms with van der Waals surface area (Å²) in [4.78, 5) is 36.1. The molecule has 0 spiro atoms.